The van der Waals surface area contributed by atoms with E-state index in [0.717, 1.165) is 44.8 Å². The lowest BCUT2D eigenvalue weighted by Gasteiger charge is -2.36. The lowest BCUT2D eigenvalue weighted by molar-refractivity contribution is 0.0954. The fraction of sp³-hybridized carbons (Fsp3) is 0.519. The van der Waals surface area contributed by atoms with E-state index in [4.69, 9.17) is 4.74 Å². The summed E-state index contributed by atoms with van der Waals surface area (Å²) in [5.74, 6) is 1.39. The summed E-state index contributed by atoms with van der Waals surface area (Å²) in [5.41, 5.74) is 3.27. The molecule has 1 atom stereocenters. The maximum atomic E-state index is 12.4. The molecule has 0 aliphatic carbocycles. The second kappa shape index (κ2) is 12.0. The average Bonchev–Trinajstić information content (AvgIpc) is 2.80. The van der Waals surface area contributed by atoms with Crippen molar-refractivity contribution in [3.05, 3.63) is 65.2 Å². The predicted molar refractivity (Wildman–Crippen MR) is 131 cm³/mol. The van der Waals surface area contributed by atoms with E-state index in [1.54, 1.807) is 0 Å². The van der Waals surface area contributed by atoms with Crippen molar-refractivity contribution >= 4 is 5.91 Å². The summed E-state index contributed by atoms with van der Waals surface area (Å²) >= 11 is 0. The van der Waals surface area contributed by atoms with Gasteiger partial charge in [-0.1, -0.05) is 38.1 Å². The minimum Gasteiger partial charge on any atom is -0.494 e. The van der Waals surface area contributed by atoms with Crippen LogP contribution in [0.25, 0.3) is 0 Å². The summed E-state index contributed by atoms with van der Waals surface area (Å²) < 4.78 is 5.72. The lowest BCUT2D eigenvalue weighted by Crippen LogP contribution is -2.45. The van der Waals surface area contributed by atoms with Crippen LogP contribution in [0, 0.1) is 5.92 Å². The topological polar surface area (TPSA) is 44.8 Å². The zero-order valence-electron chi connectivity index (χ0n) is 20.1. The molecule has 1 aliphatic rings. The highest BCUT2D eigenvalue weighted by atomic mass is 16.5. The van der Waals surface area contributed by atoms with Gasteiger partial charge in [0.25, 0.3) is 5.91 Å². The van der Waals surface area contributed by atoms with E-state index in [9.17, 15) is 4.79 Å². The Balaban J connectivity index is 1.41. The third kappa shape index (κ3) is 7.35. The van der Waals surface area contributed by atoms with Gasteiger partial charge < -0.3 is 15.0 Å². The Morgan fingerprint density at radius 2 is 1.62 bits per heavy atom. The Morgan fingerprint density at radius 3 is 2.25 bits per heavy atom. The van der Waals surface area contributed by atoms with Gasteiger partial charge in [0.15, 0.2) is 0 Å². The molecule has 1 aliphatic heterocycles. The Hall–Kier alpha value is -2.37. The highest BCUT2D eigenvalue weighted by molar-refractivity contribution is 5.94. The van der Waals surface area contributed by atoms with Crippen LogP contribution < -0.4 is 10.1 Å². The van der Waals surface area contributed by atoms with E-state index in [0.29, 0.717) is 30.7 Å². The third-order valence-corrected chi connectivity index (χ3v) is 6.33. The number of hydrogen-bond acceptors (Lipinski definition) is 4. The first kappa shape index (κ1) is 24.3. The van der Waals surface area contributed by atoms with Crippen molar-refractivity contribution in [3.63, 3.8) is 0 Å². The van der Waals surface area contributed by atoms with Gasteiger partial charge >= 0.3 is 0 Å². The van der Waals surface area contributed by atoms with Gasteiger partial charge in [-0.05, 0) is 68.1 Å². The first-order valence-corrected chi connectivity index (χ1v) is 11.9. The van der Waals surface area contributed by atoms with E-state index in [1.807, 2.05) is 24.3 Å². The molecule has 0 radical (unpaired) electrons. The summed E-state index contributed by atoms with van der Waals surface area (Å²) in [6.07, 6.45) is 1.85. The minimum absolute atomic E-state index is 0.0426. The summed E-state index contributed by atoms with van der Waals surface area (Å²) in [7, 11) is 2.19. The number of nitrogens with one attached hydrogen (secondary N) is 1. The molecule has 1 N–H and O–H groups in total. The largest absolute Gasteiger partial charge is 0.494 e. The van der Waals surface area contributed by atoms with Crippen molar-refractivity contribution < 1.29 is 9.53 Å². The lowest BCUT2D eigenvalue weighted by atomic mass is 10.0. The molecule has 174 valence electrons. The molecule has 0 bridgehead atoms. The Labute approximate surface area is 193 Å². The van der Waals surface area contributed by atoms with Crippen LogP contribution >= 0.6 is 0 Å². The average molecular weight is 438 g/mol. The Morgan fingerprint density at radius 1 is 0.969 bits per heavy atom. The van der Waals surface area contributed by atoms with Gasteiger partial charge in [-0.2, -0.15) is 0 Å². The fourth-order valence-corrected chi connectivity index (χ4v) is 3.92. The van der Waals surface area contributed by atoms with Crippen molar-refractivity contribution in [1.82, 2.24) is 15.1 Å². The SMILES string of the molecule is CC(C)CCOc1ccc(C(=O)NCCc2ccc(C(C)N3CCN(C)CC3)cc2)cc1. The van der Waals surface area contributed by atoms with Crippen molar-refractivity contribution in [1.29, 1.82) is 0 Å². The van der Waals surface area contributed by atoms with Gasteiger partial charge in [-0.25, -0.2) is 0 Å². The van der Waals surface area contributed by atoms with Crippen LogP contribution in [0.4, 0.5) is 0 Å². The molecule has 5 nitrogen and oxygen atoms in total. The number of likely N-dealkylation sites (N-methyl/N-ethyl adjacent to an activating group) is 1. The van der Waals surface area contributed by atoms with E-state index in [-0.39, 0.29) is 5.91 Å². The molecule has 1 saturated heterocycles. The van der Waals surface area contributed by atoms with Gasteiger partial charge in [0.05, 0.1) is 6.61 Å². The molecular weight excluding hydrogens is 398 g/mol. The van der Waals surface area contributed by atoms with Gasteiger partial charge in [0.1, 0.15) is 5.75 Å². The molecule has 0 saturated carbocycles. The van der Waals surface area contributed by atoms with E-state index >= 15 is 0 Å². The van der Waals surface area contributed by atoms with E-state index < -0.39 is 0 Å². The quantitative estimate of drug-likeness (QED) is 0.599. The second-order valence-corrected chi connectivity index (χ2v) is 9.32. The zero-order valence-corrected chi connectivity index (χ0v) is 20.1. The molecule has 2 aromatic carbocycles. The minimum atomic E-state index is -0.0426. The zero-order chi connectivity index (χ0) is 22.9. The maximum absolute atomic E-state index is 12.4. The van der Waals surface area contributed by atoms with Crippen LogP contribution in [0.1, 0.15) is 54.7 Å². The number of carbonyl (C=O) groups excluding carboxylic acids is 1. The number of amides is 1. The standard InChI is InChI=1S/C27H39N3O2/c1-21(2)14-20-32-26-11-9-25(10-12-26)27(31)28-15-13-23-5-7-24(8-6-23)22(3)30-18-16-29(4)17-19-30/h5-12,21-22H,13-20H2,1-4H3,(H,28,31). The second-order valence-electron chi connectivity index (χ2n) is 9.32. The van der Waals surface area contributed by atoms with Crippen molar-refractivity contribution in [3.8, 4) is 5.75 Å². The van der Waals surface area contributed by atoms with Gasteiger partial charge in [0, 0.05) is 44.3 Å². The van der Waals surface area contributed by atoms with Crippen LogP contribution in [0.5, 0.6) is 5.75 Å². The maximum Gasteiger partial charge on any atom is 0.251 e. The third-order valence-electron chi connectivity index (χ3n) is 6.33. The number of carbonyl (C=O) groups is 1. The van der Waals surface area contributed by atoms with Crippen LogP contribution in [0.3, 0.4) is 0 Å². The van der Waals surface area contributed by atoms with E-state index in [2.05, 4.69) is 67.2 Å². The number of nitrogens with zero attached hydrogens (tertiary/aromatic N) is 2. The molecular formula is C27H39N3O2. The fourth-order valence-electron chi connectivity index (χ4n) is 3.92. The van der Waals surface area contributed by atoms with Gasteiger partial charge in [0.2, 0.25) is 0 Å². The first-order chi connectivity index (χ1) is 15.4. The summed E-state index contributed by atoms with van der Waals surface area (Å²) in [5, 5.41) is 3.03. The van der Waals surface area contributed by atoms with Crippen LogP contribution in [-0.4, -0.2) is 62.1 Å². The smallest absolute Gasteiger partial charge is 0.251 e. The van der Waals surface area contributed by atoms with Gasteiger partial charge in [-0.15, -0.1) is 0 Å². The number of piperazine rings is 1. The molecule has 3 rings (SSSR count). The highest BCUT2D eigenvalue weighted by Gasteiger charge is 2.20. The molecule has 5 heteroatoms. The van der Waals surface area contributed by atoms with Crippen molar-refractivity contribution in [2.75, 3.05) is 46.4 Å². The Bertz CT molecular complexity index is 825. The van der Waals surface area contributed by atoms with Crippen LogP contribution in [0.15, 0.2) is 48.5 Å². The Kier molecular flexibility index (Phi) is 9.12. The number of benzene rings is 2. The molecule has 1 fully saturated rings. The summed E-state index contributed by atoms with van der Waals surface area (Å²) in [6.45, 7) is 12.5. The van der Waals surface area contributed by atoms with Crippen molar-refractivity contribution in [2.45, 2.75) is 39.7 Å². The normalized spacial score (nSPS) is 16.2. The summed E-state index contributed by atoms with van der Waals surface area (Å²) in [6, 6.07) is 16.7. The highest BCUT2D eigenvalue weighted by Crippen LogP contribution is 2.22. The molecule has 2 aromatic rings. The molecule has 1 amide bonds. The molecule has 32 heavy (non-hydrogen) atoms. The first-order valence-electron chi connectivity index (χ1n) is 11.9. The number of hydrogen-bond donors (Lipinski definition) is 1. The van der Waals surface area contributed by atoms with Crippen LogP contribution in [0.2, 0.25) is 0 Å². The van der Waals surface area contributed by atoms with Crippen molar-refractivity contribution in [2.24, 2.45) is 5.92 Å². The van der Waals surface area contributed by atoms with E-state index in [1.165, 1.54) is 11.1 Å². The number of rotatable bonds is 10. The molecule has 1 heterocycles. The molecule has 1 unspecified atom stereocenters. The molecule has 0 spiro atoms. The van der Waals surface area contributed by atoms with Gasteiger partial charge in [-0.3, -0.25) is 9.69 Å². The monoisotopic (exact) mass is 437 g/mol. The number of ether oxygens (including phenoxy) is 1. The molecule has 0 aromatic heterocycles. The summed E-state index contributed by atoms with van der Waals surface area (Å²) in [4.78, 5) is 17.4. The van der Waals surface area contributed by atoms with Crippen LogP contribution in [-0.2, 0) is 6.42 Å². The predicted octanol–water partition coefficient (Wildman–Crippen LogP) is 4.39.